The van der Waals surface area contributed by atoms with Crippen LogP contribution in [0.25, 0.3) is 0 Å². The SMILES string of the molecule is CC(CCC(O)C(C)(C)OC1OC(CO)C(O)C(O)C1O)C1CCC2(C)C3C(=CCC12C)CC12OC3CC1C(C)(C)C(O)CC2O. The lowest BCUT2D eigenvalue weighted by atomic mass is 9.50. The third-order valence-corrected chi connectivity index (χ3v) is 14.7. The molecule has 6 rings (SSSR count). The average molecular weight is 653 g/mol. The first-order chi connectivity index (χ1) is 21.3. The Morgan fingerprint density at radius 2 is 1.65 bits per heavy atom. The van der Waals surface area contributed by atoms with Crippen LogP contribution in [0.5, 0.6) is 0 Å². The highest BCUT2D eigenvalue weighted by molar-refractivity contribution is 5.33. The van der Waals surface area contributed by atoms with Gasteiger partial charge in [-0.3, -0.25) is 0 Å². The van der Waals surface area contributed by atoms with Gasteiger partial charge in [0.25, 0.3) is 0 Å². The first kappa shape index (κ1) is 35.2. The molecule has 10 heteroatoms. The predicted molar refractivity (Wildman–Crippen MR) is 169 cm³/mol. The first-order valence-corrected chi connectivity index (χ1v) is 17.7. The summed E-state index contributed by atoms with van der Waals surface area (Å²) < 4.78 is 18.5. The van der Waals surface area contributed by atoms with Crippen LogP contribution in [0, 0.1) is 39.9 Å². The van der Waals surface area contributed by atoms with Gasteiger partial charge in [0.2, 0.25) is 0 Å². The molecule has 5 fully saturated rings. The van der Waals surface area contributed by atoms with E-state index in [0.717, 1.165) is 38.5 Å². The van der Waals surface area contributed by atoms with E-state index in [1.54, 1.807) is 13.8 Å². The van der Waals surface area contributed by atoms with Gasteiger partial charge in [0.1, 0.15) is 30.0 Å². The molecule has 16 unspecified atom stereocenters. The highest BCUT2D eigenvalue weighted by atomic mass is 16.7. The molecule has 3 saturated heterocycles. The van der Waals surface area contributed by atoms with Crippen LogP contribution >= 0.6 is 0 Å². The van der Waals surface area contributed by atoms with Gasteiger partial charge in [-0.2, -0.15) is 0 Å². The number of rotatable bonds is 8. The summed E-state index contributed by atoms with van der Waals surface area (Å²) in [7, 11) is 0. The van der Waals surface area contributed by atoms with Gasteiger partial charge in [0.05, 0.1) is 36.6 Å². The van der Waals surface area contributed by atoms with Crippen molar-refractivity contribution in [1.29, 1.82) is 0 Å². The second-order valence-corrected chi connectivity index (χ2v) is 17.6. The Morgan fingerprint density at radius 3 is 2.33 bits per heavy atom. The number of fused-ring (bicyclic) bond motifs is 5. The summed E-state index contributed by atoms with van der Waals surface area (Å²) in [5.41, 5.74) is -0.520. The minimum Gasteiger partial charge on any atom is -0.394 e. The molecule has 0 radical (unpaired) electrons. The van der Waals surface area contributed by atoms with Crippen molar-refractivity contribution in [3.05, 3.63) is 11.6 Å². The normalized spacial score (nSPS) is 51.1. The minimum atomic E-state index is -1.54. The number of hydrogen-bond acceptors (Lipinski definition) is 10. The topological polar surface area (TPSA) is 169 Å². The summed E-state index contributed by atoms with van der Waals surface area (Å²) in [4.78, 5) is 0. The Balaban J connectivity index is 1.13. The van der Waals surface area contributed by atoms with Gasteiger partial charge in [-0.25, -0.2) is 0 Å². The van der Waals surface area contributed by atoms with Crippen LogP contribution in [-0.4, -0.2) is 109 Å². The molecule has 3 heterocycles. The summed E-state index contributed by atoms with van der Waals surface area (Å²) >= 11 is 0. The largest absolute Gasteiger partial charge is 0.394 e. The van der Waals surface area contributed by atoms with E-state index in [1.165, 1.54) is 5.57 Å². The van der Waals surface area contributed by atoms with Gasteiger partial charge in [-0.15, -0.1) is 0 Å². The molecular formula is C36H60O10. The Hall–Kier alpha value is -0.660. The number of aliphatic hydroxyl groups is 7. The molecule has 46 heavy (non-hydrogen) atoms. The number of allylic oxidation sites excluding steroid dienone is 1. The molecule has 10 nitrogen and oxygen atoms in total. The standard InChI is InChI=1S/C36H60O10/c1-18(8-9-24(38)33(4,5)46-31-30(43)29(42)28(41)22(17-37)44-31)20-11-13-35(7)27-19(10-12-34(20,35)6)16-36-23(14-21(27)45-36)32(2,3)25(39)15-26(36)40/h10,18,20-31,37-43H,8-9,11-17H2,1-7H3. The number of aliphatic hydroxyl groups excluding tert-OH is 7. The maximum absolute atomic E-state index is 11.3. The van der Waals surface area contributed by atoms with Crippen molar-refractivity contribution in [3.8, 4) is 0 Å². The number of ether oxygens (including phenoxy) is 3. The third kappa shape index (κ3) is 5.03. The molecule has 2 bridgehead atoms. The van der Waals surface area contributed by atoms with Crippen molar-refractivity contribution < 1.29 is 50.0 Å². The van der Waals surface area contributed by atoms with Crippen LogP contribution in [0.1, 0.15) is 99.8 Å². The Kier molecular flexibility index (Phi) is 8.95. The van der Waals surface area contributed by atoms with E-state index in [2.05, 4.69) is 40.7 Å². The predicted octanol–water partition coefficient (Wildman–Crippen LogP) is 2.43. The molecule has 0 amide bonds. The first-order valence-electron chi connectivity index (χ1n) is 17.7. The van der Waals surface area contributed by atoms with Crippen LogP contribution in [0.15, 0.2) is 11.6 Å². The summed E-state index contributed by atoms with van der Waals surface area (Å²) in [6.07, 6.45) is -0.0864. The second kappa shape index (κ2) is 11.7. The number of hydrogen-bond donors (Lipinski definition) is 7. The van der Waals surface area contributed by atoms with E-state index >= 15 is 0 Å². The lowest BCUT2D eigenvalue weighted by molar-refractivity contribution is -0.331. The van der Waals surface area contributed by atoms with Gasteiger partial charge < -0.3 is 50.0 Å². The molecule has 16 atom stereocenters. The van der Waals surface area contributed by atoms with Gasteiger partial charge in [-0.1, -0.05) is 46.3 Å². The molecule has 264 valence electrons. The second-order valence-electron chi connectivity index (χ2n) is 17.6. The minimum absolute atomic E-state index is 0.0325. The van der Waals surface area contributed by atoms with Crippen LogP contribution in [-0.2, 0) is 14.2 Å². The van der Waals surface area contributed by atoms with Crippen molar-refractivity contribution >= 4 is 0 Å². The van der Waals surface area contributed by atoms with Crippen molar-refractivity contribution in [3.63, 3.8) is 0 Å². The lowest BCUT2D eigenvalue weighted by Gasteiger charge is -2.59. The van der Waals surface area contributed by atoms with Crippen molar-refractivity contribution in [2.24, 2.45) is 39.9 Å². The van der Waals surface area contributed by atoms with E-state index in [9.17, 15) is 35.7 Å². The molecular weight excluding hydrogens is 592 g/mol. The quantitative estimate of drug-likeness (QED) is 0.193. The molecule has 3 aliphatic heterocycles. The Morgan fingerprint density at radius 1 is 0.957 bits per heavy atom. The maximum Gasteiger partial charge on any atom is 0.187 e. The van der Waals surface area contributed by atoms with Crippen molar-refractivity contribution in [1.82, 2.24) is 0 Å². The fourth-order valence-corrected chi connectivity index (χ4v) is 11.4. The molecule has 0 aromatic heterocycles. The monoisotopic (exact) mass is 652 g/mol. The van der Waals surface area contributed by atoms with E-state index in [4.69, 9.17) is 14.2 Å². The summed E-state index contributed by atoms with van der Waals surface area (Å²) in [6.45, 7) is 14.4. The molecule has 0 aromatic rings. The van der Waals surface area contributed by atoms with E-state index in [0.29, 0.717) is 24.7 Å². The van der Waals surface area contributed by atoms with Gasteiger partial charge in [0.15, 0.2) is 6.29 Å². The van der Waals surface area contributed by atoms with E-state index < -0.39 is 66.8 Å². The van der Waals surface area contributed by atoms with Crippen LogP contribution in [0.3, 0.4) is 0 Å². The van der Waals surface area contributed by atoms with Crippen molar-refractivity contribution in [2.75, 3.05) is 6.61 Å². The smallest absolute Gasteiger partial charge is 0.187 e. The summed E-state index contributed by atoms with van der Waals surface area (Å²) in [5, 5.41) is 73.8. The molecule has 2 saturated carbocycles. The highest BCUT2D eigenvalue weighted by Gasteiger charge is 2.71. The Labute approximate surface area is 274 Å². The lowest BCUT2D eigenvalue weighted by Crippen LogP contribution is -2.62. The molecule has 6 aliphatic rings. The van der Waals surface area contributed by atoms with Crippen LogP contribution in [0.4, 0.5) is 0 Å². The zero-order valence-corrected chi connectivity index (χ0v) is 28.8. The maximum atomic E-state index is 11.3. The van der Waals surface area contributed by atoms with Crippen molar-refractivity contribution in [2.45, 2.75) is 166 Å². The van der Waals surface area contributed by atoms with E-state index in [-0.39, 0.29) is 34.2 Å². The van der Waals surface area contributed by atoms with Gasteiger partial charge >= 0.3 is 0 Å². The molecule has 7 N–H and O–H groups in total. The zero-order chi connectivity index (χ0) is 33.8. The summed E-state index contributed by atoms with van der Waals surface area (Å²) in [6, 6.07) is 0. The molecule has 0 aromatic carbocycles. The Bertz CT molecular complexity index is 1170. The average Bonchev–Trinajstić information content (AvgIpc) is 3.46. The fraction of sp³-hybridized carbons (Fsp3) is 0.944. The summed E-state index contributed by atoms with van der Waals surface area (Å²) in [5.74, 6) is 1.17. The molecule has 1 spiro atoms. The van der Waals surface area contributed by atoms with Crippen LogP contribution < -0.4 is 0 Å². The third-order valence-electron chi connectivity index (χ3n) is 14.7. The van der Waals surface area contributed by atoms with Gasteiger partial charge in [-0.05, 0) is 80.5 Å². The van der Waals surface area contributed by atoms with Gasteiger partial charge in [0, 0.05) is 24.7 Å². The zero-order valence-electron chi connectivity index (χ0n) is 28.8. The molecule has 3 aliphatic carbocycles. The van der Waals surface area contributed by atoms with E-state index in [1.807, 2.05) is 0 Å². The van der Waals surface area contributed by atoms with Crippen LogP contribution in [0.2, 0.25) is 0 Å². The highest BCUT2D eigenvalue weighted by Crippen LogP contribution is 2.72. The fourth-order valence-electron chi connectivity index (χ4n) is 11.4.